The molecule has 27 heavy (non-hydrogen) atoms. The number of esters is 1. The molecule has 0 unspecified atom stereocenters. The molecule has 2 aromatic rings. The lowest BCUT2D eigenvalue weighted by molar-refractivity contribution is -0.149. The van der Waals surface area contributed by atoms with Gasteiger partial charge < -0.3 is 14.8 Å². The fourth-order valence-corrected chi connectivity index (χ4v) is 2.60. The van der Waals surface area contributed by atoms with E-state index in [1.54, 1.807) is 0 Å². The highest BCUT2D eigenvalue weighted by Crippen LogP contribution is 2.24. The molecule has 1 N–H and O–H groups in total. The van der Waals surface area contributed by atoms with E-state index in [1.807, 2.05) is 57.2 Å². The third-order valence-electron chi connectivity index (χ3n) is 4.24. The van der Waals surface area contributed by atoms with E-state index < -0.39 is 5.97 Å². The van der Waals surface area contributed by atoms with Gasteiger partial charge >= 0.3 is 5.97 Å². The Kier molecular flexibility index (Phi) is 6.99. The number of ether oxygens (including phenoxy) is 2. The standard InChI is InChI=1S/C22H27NO4/c1-14(2)18-8-7-16(4)20(11-18)26-13-22(25)27-12-21(24)23-19-9-6-15(3)10-17(19)5/h6-11,14H,12-13H2,1-5H3,(H,23,24). The Morgan fingerprint density at radius 2 is 1.70 bits per heavy atom. The average Bonchev–Trinajstić information content (AvgIpc) is 2.61. The van der Waals surface area contributed by atoms with E-state index in [9.17, 15) is 9.59 Å². The maximum atomic E-state index is 12.0. The molecular weight excluding hydrogens is 342 g/mol. The summed E-state index contributed by atoms with van der Waals surface area (Å²) in [7, 11) is 0. The van der Waals surface area contributed by atoms with Crippen molar-refractivity contribution in [3.8, 4) is 5.75 Å². The molecule has 1 amide bonds. The molecule has 0 saturated carbocycles. The maximum absolute atomic E-state index is 12.0. The number of anilines is 1. The van der Waals surface area contributed by atoms with Crippen LogP contribution in [-0.2, 0) is 14.3 Å². The predicted octanol–water partition coefficient (Wildman–Crippen LogP) is 4.30. The summed E-state index contributed by atoms with van der Waals surface area (Å²) in [5.74, 6) is 0.0557. The van der Waals surface area contributed by atoms with Gasteiger partial charge in [-0.15, -0.1) is 0 Å². The van der Waals surface area contributed by atoms with Crippen LogP contribution in [0.3, 0.4) is 0 Å². The van der Waals surface area contributed by atoms with Crippen molar-refractivity contribution >= 4 is 17.6 Å². The number of benzene rings is 2. The molecule has 0 aromatic heterocycles. The van der Waals surface area contributed by atoms with Crippen molar-refractivity contribution in [3.05, 3.63) is 58.7 Å². The normalized spacial score (nSPS) is 10.6. The summed E-state index contributed by atoms with van der Waals surface area (Å²) in [5, 5.41) is 2.74. The molecule has 0 aliphatic rings. The second-order valence-electron chi connectivity index (χ2n) is 7.00. The van der Waals surface area contributed by atoms with Crippen LogP contribution in [0.4, 0.5) is 5.69 Å². The third kappa shape index (κ3) is 6.13. The number of aryl methyl sites for hydroxylation is 3. The highest BCUT2D eigenvalue weighted by Gasteiger charge is 2.11. The van der Waals surface area contributed by atoms with Gasteiger partial charge in [-0.3, -0.25) is 4.79 Å². The summed E-state index contributed by atoms with van der Waals surface area (Å²) in [6.07, 6.45) is 0. The second kappa shape index (κ2) is 9.21. The summed E-state index contributed by atoms with van der Waals surface area (Å²) < 4.78 is 10.6. The van der Waals surface area contributed by atoms with E-state index in [1.165, 1.54) is 0 Å². The molecule has 0 aliphatic heterocycles. The molecule has 0 fully saturated rings. The van der Waals surface area contributed by atoms with Gasteiger partial charge in [-0.25, -0.2) is 4.79 Å². The van der Waals surface area contributed by atoms with Crippen LogP contribution in [0.5, 0.6) is 5.75 Å². The SMILES string of the molecule is Cc1ccc(NC(=O)COC(=O)COc2cc(C(C)C)ccc2C)c(C)c1. The van der Waals surface area contributed by atoms with E-state index in [-0.39, 0.29) is 19.1 Å². The Morgan fingerprint density at radius 1 is 0.963 bits per heavy atom. The minimum atomic E-state index is -0.583. The lowest BCUT2D eigenvalue weighted by Gasteiger charge is -2.13. The summed E-state index contributed by atoms with van der Waals surface area (Å²) in [5.41, 5.74) is 4.86. The van der Waals surface area contributed by atoms with Crippen molar-refractivity contribution < 1.29 is 19.1 Å². The second-order valence-corrected chi connectivity index (χ2v) is 7.00. The molecule has 0 saturated heterocycles. The highest BCUT2D eigenvalue weighted by molar-refractivity contribution is 5.93. The number of amides is 1. The molecule has 0 aliphatic carbocycles. The number of hydrogen-bond acceptors (Lipinski definition) is 4. The van der Waals surface area contributed by atoms with Crippen molar-refractivity contribution in [2.75, 3.05) is 18.5 Å². The molecule has 0 atom stereocenters. The van der Waals surface area contributed by atoms with Crippen LogP contribution in [0.25, 0.3) is 0 Å². The summed E-state index contributed by atoms with van der Waals surface area (Å²) in [6, 6.07) is 11.7. The Morgan fingerprint density at radius 3 is 2.37 bits per heavy atom. The molecule has 5 nitrogen and oxygen atoms in total. The quantitative estimate of drug-likeness (QED) is 0.739. The number of rotatable bonds is 7. The van der Waals surface area contributed by atoms with E-state index >= 15 is 0 Å². The molecule has 2 aromatic carbocycles. The zero-order valence-electron chi connectivity index (χ0n) is 16.6. The van der Waals surface area contributed by atoms with Crippen LogP contribution in [0.1, 0.15) is 42.0 Å². The van der Waals surface area contributed by atoms with E-state index in [2.05, 4.69) is 19.2 Å². The van der Waals surface area contributed by atoms with E-state index in [0.717, 1.165) is 22.3 Å². The molecule has 5 heteroatoms. The minimum Gasteiger partial charge on any atom is -0.482 e. The van der Waals surface area contributed by atoms with Gasteiger partial charge in [0, 0.05) is 5.69 Å². The summed E-state index contributed by atoms with van der Waals surface area (Å²) in [6.45, 7) is 9.42. The van der Waals surface area contributed by atoms with Crippen LogP contribution in [0.15, 0.2) is 36.4 Å². The topological polar surface area (TPSA) is 64.6 Å². The first-order chi connectivity index (χ1) is 12.8. The zero-order valence-corrected chi connectivity index (χ0v) is 16.6. The molecule has 144 valence electrons. The van der Waals surface area contributed by atoms with Crippen molar-refractivity contribution in [2.24, 2.45) is 0 Å². The van der Waals surface area contributed by atoms with Crippen LogP contribution in [0, 0.1) is 20.8 Å². The van der Waals surface area contributed by atoms with Crippen LogP contribution >= 0.6 is 0 Å². The Hall–Kier alpha value is -2.82. The van der Waals surface area contributed by atoms with Gasteiger partial charge in [0.15, 0.2) is 13.2 Å². The fraction of sp³-hybridized carbons (Fsp3) is 0.364. The minimum absolute atomic E-state index is 0.237. The molecular formula is C22H27NO4. The first-order valence-electron chi connectivity index (χ1n) is 9.02. The van der Waals surface area contributed by atoms with Crippen molar-refractivity contribution in [2.45, 2.75) is 40.5 Å². The lowest BCUT2D eigenvalue weighted by atomic mass is 10.0. The Labute approximate surface area is 160 Å². The van der Waals surface area contributed by atoms with Crippen LogP contribution in [0.2, 0.25) is 0 Å². The molecule has 0 spiro atoms. The Bertz CT molecular complexity index is 827. The average molecular weight is 369 g/mol. The summed E-state index contributed by atoms with van der Waals surface area (Å²) >= 11 is 0. The number of carbonyl (C=O) groups excluding carboxylic acids is 2. The van der Waals surface area contributed by atoms with Crippen molar-refractivity contribution in [1.29, 1.82) is 0 Å². The lowest BCUT2D eigenvalue weighted by Crippen LogP contribution is -2.24. The summed E-state index contributed by atoms with van der Waals surface area (Å²) in [4.78, 5) is 23.9. The smallest absolute Gasteiger partial charge is 0.344 e. The van der Waals surface area contributed by atoms with Gasteiger partial charge in [0.2, 0.25) is 0 Å². The maximum Gasteiger partial charge on any atom is 0.344 e. The highest BCUT2D eigenvalue weighted by atomic mass is 16.6. The Balaban J connectivity index is 1.82. The largest absolute Gasteiger partial charge is 0.482 e. The van der Waals surface area contributed by atoms with Gasteiger partial charge in [-0.1, -0.05) is 43.7 Å². The van der Waals surface area contributed by atoms with Gasteiger partial charge in [0.25, 0.3) is 5.91 Å². The van der Waals surface area contributed by atoms with E-state index in [0.29, 0.717) is 17.4 Å². The first-order valence-corrected chi connectivity index (χ1v) is 9.02. The van der Waals surface area contributed by atoms with Gasteiger partial charge in [-0.05, 0) is 55.5 Å². The fourth-order valence-electron chi connectivity index (χ4n) is 2.60. The van der Waals surface area contributed by atoms with Gasteiger partial charge in [-0.2, -0.15) is 0 Å². The van der Waals surface area contributed by atoms with Crippen molar-refractivity contribution in [1.82, 2.24) is 0 Å². The number of hydrogen-bond donors (Lipinski definition) is 1. The van der Waals surface area contributed by atoms with Gasteiger partial charge in [0.1, 0.15) is 5.75 Å². The van der Waals surface area contributed by atoms with Crippen LogP contribution < -0.4 is 10.1 Å². The number of nitrogens with one attached hydrogen (secondary N) is 1. The monoisotopic (exact) mass is 369 g/mol. The molecule has 0 heterocycles. The first kappa shape index (κ1) is 20.5. The zero-order chi connectivity index (χ0) is 20.0. The number of carbonyl (C=O) groups is 2. The van der Waals surface area contributed by atoms with Crippen LogP contribution in [-0.4, -0.2) is 25.1 Å². The molecule has 0 radical (unpaired) electrons. The van der Waals surface area contributed by atoms with E-state index in [4.69, 9.17) is 9.47 Å². The molecule has 0 bridgehead atoms. The molecule has 2 rings (SSSR count). The predicted molar refractivity (Wildman–Crippen MR) is 106 cm³/mol. The third-order valence-corrected chi connectivity index (χ3v) is 4.24. The van der Waals surface area contributed by atoms with Crippen molar-refractivity contribution in [3.63, 3.8) is 0 Å². The van der Waals surface area contributed by atoms with Gasteiger partial charge in [0.05, 0.1) is 0 Å².